The Morgan fingerprint density at radius 3 is 2.64 bits per heavy atom. The standard InChI is InChI=1S/C18H21BrN2O4/c1-3-9-23-14-6-5-13(16(11-14)24-10-4-2)12-20-21-18(22)15-7-8-17(19)25-15/h5-8,11-12H,3-4,9-10H2,1-2H3,(H,21,22)/b20-12-. The fraction of sp³-hybridized carbons (Fsp3) is 0.333. The van der Waals surface area contributed by atoms with E-state index < -0.39 is 5.91 Å². The summed E-state index contributed by atoms with van der Waals surface area (Å²) >= 11 is 3.15. The molecule has 1 heterocycles. The molecule has 2 rings (SSSR count). The third kappa shape index (κ3) is 5.94. The van der Waals surface area contributed by atoms with Crippen molar-refractivity contribution in [3.8, 4) is 11.5 Å². The van der Waals surface area contributed by atoms with E-state index in [0.717, 1.165) is 24.2 Å². The van der Waals surface area contributed by atoms with Crippen molar-refractivity contribution in [2.45, 2.75) is 26.7 Å². The SMILES string of the molecule is CCCOc1ccc(/C=N\NC(=O)c2ccc(Br)o2)c(OCCC)c1. The summed E-state index contributed by atoms with van der Waals surface area (Å²) < 4.78 is 17.0. The smallest absolute Gasteiger partial charge is 0.307 e. The highest BCUT2D eigenvalue weighted by Gasteiger charge is 2.09. The predicted octanol–water partition coefficient (Wildman–Crippen LogP) is 4.38. The van der Waals surface area contributed by atoms with Crippen molar-refractivity contribution in [3.05, 3.63) is 46.3 Å². The van der Waals surface area contributed by atoms with E-state index in [9.17, 15) is 4.79 Å². The highest BCUT2D eigenvalue weighted by molar-refractivity contribution is 9.10. The summed E-state index contributed by atoms with van der Waals surface area (Å²) in [7, 11) is 0. The number of nitrogens with one attached hydrogen (secondary N) is 1. The highest BCUT2D eigenvalue weighted by Crippen LogP contribution is 2.24. The lowest BCUT2D eigenvalue weighted by Crippen LogP contribution is -2.16. The van der Waals surface area contributed by atoms with Crippen LogP contribution in [0.5, 0.6) is 11.5 Å². The Kier molecular flexibility index (Phi) is 7.53. The van der Waals surface area contributed by atoms with E-state index in [1.54, 1.807) is 12.1 Å². The first-order valence-electron chi connectivity index (χ1n) is 8.12. The zero-order valence-electron chi connectivity index (χ0n) is 14.3. The van der Waals surface area contributed by atoms with Gasteiger partial charge in [-0.2, -0.15) is 5.10 Å². The predicted molar refractivity (Wildman–Crippen MR) is 99.5 cm³/mol. The lowest BCUT2D eigenvalue weighted by Gasteiger charge is -2.11. The zero-order valence-corrected chi connectivity index (χ0v) is 15.8. The number of nitrogens with zero attached hydrogens (tertiary/aromatic N) is 1. The van der Waals surface area contributed by atoms with Gasteiger partial charge in [0.05, 0.1) is 19.4 Å². The molecule has 6 nitrogen and oxygen atoms in total. The molecule has 0 fully saturated rings. The van der Waals surface area contributed by atoms with E-state index in [4.69, 9.17) is 13.9 Å². The molecule has 2 aromatic rings. The van der Waals surface area contributed by atoms with E-state index in [2.05, 4.69) is 33.4 Å². The molecule has 0 bridgehead atoms. The first-order chi connectivity index (χ1) is 12.1. The number of carbonyl (C=O) groups is 1. The van der Waals surface area contributed by atoms with Crippen molar-refractivity contribution >= 4 is 28.1 Å². The number of hydrazone groups is 1. The van der Waals surface area contributed by atoms with Crippen LogP contribution >= 0.6 is 15.9 Å². The summed E-state index contributed by atoms with van der Waals surface area (Å²) in [5.41, 5.74) is 3.17. The maximum atomic E-state index is 11.9. The topological polar surface area (TPSA) is 73.1 Å². The molecular weight excluding hydrogens is 388 g/mol. The van der Waals surface area contributed by atoms with Gasteiger partial charge < -0.3 is 13.9 Å². The molecule has 0 unspecified atom stereocenters. The Morgan fingerprint density at radius 1 is 1.20 bits per heavy atom. The van der Waals surface area contributed by atoms with Gasteiger partial charge in [0, 0.05) is 11.6 Å². The molecule has 0 radical (unpaired) electrons. The van der Waals surface area contributed by atoms with Gasteiger partial charge in [0.1, 0.15) is 11.5 Å². The maximum Gasteiger partial charge on any atom is 0.307 e. The van der Waals surface area contributed by atoms with Crippen molar-refractivity contribution in [1.82, 2.24) is 5.43 Å². The number of carbonyl (C=O) groups excluding carboxylic acids is 1. The van der Waals surface area contributed by atoms with Crippen LogP contribution in [-0.4, -0.2) is 25.3 Å². The fourth-order valence-corrected chi connectivity index (χ4v) is 2.23. The lowest BCUT2D eigenvalue weighted by atomic mass is 10.2. The van der Waals surface area contributed by atoms with Gasteiger partial charge in [-0.25, -0.2) is 5.43 Å². The van der Waals surface area contributed by atoms with E-state index in [-0.39, 0.29) is 5.76 Å². The third-order valence-electron chi connectivity index (χ3n) is 3.09. The number of halogens is 1. The number of rotatable bonds is 9. The van der Waals surface area contributed by atoms with Crippen LogP contribution in [-0.2, 0) is 0 Å². The molecule has 0 atom stereocenters. The van der Waals surface area contributed by atoms with Crippen LogP contribution in [0.25, 0.3) is 0 Å². The minimum Gasteiger partial charge on any atom is -0.493 e. The number of ether oxygens (including phenoxy) is 2. The van der Waals surface area contributed by atoms with Crippen LogP contribution in [0.4, 0.5) is 0 Å². The van der Waals surface area contributed by atoms with Gasteiger partial charge in [-0.3, -0.25) is 4.79 Å². The molecule has 7 heteroatoms. The highest BCUT2D eigenvalue weighted by atomic mass is 79.9. The molecule has 134 valence electrons. The Labute approximate surface area is 155 Å². The number of amides is 1. The second-order valence-corrected chi connectivity index (χ2v) is 5.98. The van der Waals surface area contributed by atoms with Crippen molar-refractivity contribution in [2.24, 2.45) is 5.10 Å². The van der Waals surface area contributed by atoms with Gasteiger partial charge in [0.25, 0.3) is 0 Å². The van der Waals surface area contributed by atoms with Crippen LogP contribution in [0.3, 0.4) is 0 Å². The molecule has 0 aliphatic heterocycles. The van der Waals surface area contributed by atoms with Crippen molar-refractivity contribution < 1.29 is 18.7 Å². The van der Waals surface area contributed by atoms with Gasteiger partial charge in [-0.05, 0) is 53.0 Å². The Balaban J connectivity index is 2.06. The van der Waals surface area contributed by atoms with Crippen LogP contribution in [0.2, 0.25) is 0 Å². The van der Waals surface area contributed by atoms with E-state index >= 15 is 0 Å². The van der Waals surface area contributed by atoms with Crippen molar-refractivity contribution in [1.29, 1.82) is 0 Å². The van der Waals surface area contributed by atoms with Gasteiger partial charge in [0.2, 0.25) is 0 Å². The summed E-state index contributed by atoms with van der Waals surface area (Å²) in [6.45, 7) is 5.32. The largest absolute Gasteiger partial charge is 0.493 e. The number of hydrogen-bond acceptors (Lipinski definition) is 5. The molecule has 25 heavy (non-hydrogen) atoms. The molecule has 0 spiro atoms. The average molecular weight is 409 g/mol. The molecule has 1 amide bonds. The first-order valence-corrected chi connectivity index (χ1v) is 8.91. The fourth-order valence-electron chi connectivity index (χ4n) is 1.92. The second kappa shape index (κ2) is 9.88. The van der Waals surface area contributed by atoms with Gasteiger partial charge in [-0.1, -0.05) is 13.8 Å². The molecule has 0 aliphatic rings. The summed E-state index contributed by atoms with van der Waals surface area (Å²) in [4.78, 5) is 11.9. The number of furan rings is 1. The van der Waals surface area contributed by atoms with Gasteiger partial charge >= 0.3 is 5.91 Å². The molecule has 1 aromatic heterocycles. The van der Waals surface area contributed by atoms with Crippen LogP contribution in [0.1, 0.15) is 42.8 Å². The Hall–Kier alpha value is -2.28. The molecule has 0 saturated heterocycles. The van der Waals surface area contributed by atoms with Gasteiger partial charge in [-0.15, -0.1) is 0 Å². The normalized spacial score (nSPS) is 10.8. The monoisotopic (exact) mass is 408 g/mol. The molecule has 1 N–H and O–H groups in total. The molecule has 0 aliphatic carbocycles. The van der Waals surface area contributed by atoms with E-state index in [1.165, 1.54) is 6.21 Å². The molecule has 0 saturated carbocycles. The summed E-state index contributed by atoms with van der Waals surface area (Å²) in [5.74, 6) is 1.15. The van der Waals surface area contributed by atoms with E-state index in [1.807, 2.05) is 25.1 Å². The zero-order chi connectivity index (χ0) is 18.1. The summed E-state index contributed by atoms with van der Waals surface area (Å²) in [6, 6.07) is 8.73. The van der Waals surface area contributed by atoms with Crippen LogP contribution in [0, 0.1) is 0 Å². The Morgan fingerprint density at radius 2 is 1.96 bits per heavy atom. The number of benzene rings is 1. The van der Waals surface area contributed by atoms with Crippen LogP contribution < -0.4 is 14.9 Å². The van der Waals surface area contributed by atoms with Crippen molar-refractivity contribution in [3.63, 3.8) is 0 Å². The first kappa shape index (κ1) is 19.1. The minimum atomic E-state index is -0.430. The molecular formula is C18H21BrN2O4. The quantitative estimate of drug-likeness (QED) is 0.493. The van der Waals surface area contributed by atoms with E-state index in [0.29, 0.717) is 23.6 Å². The molecule has 1 aromatic carbocycles. The second-order valence-electron chi connectivity index (χ2n) is 5.20. The number of hydrogen-bond donors (Lipinski definition) is 1. The Bertz CT molecular complexity index is 728. The third-order valence-corrected chi connectivity index (χ3v) is 3.51. The minimum absolute atomic E-state index is 0.176. The van der Waals surface area contributed by atoms with Crippen molar-refractivity contribution in [2.75, 3.05) is 13.2 Å². The average Bonchev–Trinajstić information content (AvgIpc) is 3.05. The van der Waals surface area contributed by atoms with Crippen LogP contribution in [0.15, 0.2) is 44.5 Å². The lowest BCUT2D eigenvalue weighted by molar-refractivity contribution is 0.0926. The summed E-state index contributed by atoms with van der Waals surface area (Å²) in [5, 5.41) is 3.97. The summed E-state index contributed by atoms with van der Waals surface area (Å²) in [6.07, 6.45) is 3.36. The maximum absolute atomic E-state index is 11.9. The van der Waals surface area contributed by atoms with Gasteiger partial charge in [0.15, 0.2) is 10.4 Å².